The monoisotopic (exact) mass is 590 g/mol. The van der Waals surface area contributed by atoms with E-state index in [0.29, 0.717) is 35.5 Å². The molecule has 0 N–H and O–H groups in total. The number of ether oxygens (including phenoxy) is 4. The molecule has 0 spiro atoms. The average Bonchev–Trinajstić information content (AvgIpc) is 3.05. The van der Waals surface area contributed by atoms with Crippen molar-refractivity contribution in [2.75, 3.05) is 13.2 Å². The van der Waals surface area contributed by atoms with Crippen LogP contribution in [0.5, 0.6) is 11.5 Å². The van der Waals surface area contributed by atoms with Crippen LogP contribution in [0.15, 0.2) is 97.1 Å². The topological polar surface area (TPSA) is 71.1 Å². The molecule has 0 amide bonds. The van der Waals surface area contributed by atoms with Gasteiger partial charge in [0.2, 0.25) is 0 Å². The third-order valence-corrected chi connectivity index (χ3v) is 7.63. The van der Waals surface area contributed by atoms with Gasteiger partial charge in [0.25, 0.3) is 0 Å². The van der Waals surface area contributed by atoms with Gasteiger partial charge in [0.15, 0.2) is 0 Å². The first-order chi connectivity index (χ1) is 21.4. The average molecular weight is 591 g/mol. The van der Waals surface area contributed by atoms with Gasteiger partial charge in [-0.15, -0.1) is 0 Å². The van der Waals surface area contributed by atoms with Crippen molar-refractivity contribution in [3.8, 4) is 11.5 Å². The molecule has 5 rings (SSSR count). The number of fused-ring (bicyclic) bond motifs is 2. The fourth-order valence-corrected chi connectivity index (χ4v) is 5.10. The summed E-state index contributed by atoms with van der Waals surface area (Å²) < 4.78 is 24.7. The Bertz CT molecular complexity index is 1620. The lowest BCUT2D eigenvalue weighted by Gasteiger charge is -2.22. The minimum Gasteiger partial charge on any atom is -0.488 e. The minimum absolute atomic E-state index is 0.203. The Morgan fingerprint density at radius 1 is 0.545 bits per heavy atom. The van der Waals surface area contributed by atoms with Crippen molar-refractivity contribution >= 4 is 33.5 Å². The SMILES string of the molecule is CCC(COc1c2ccc(C)cc2c(OCC(CC)OC(=O)c2ccccc2)c2ccc(C)cc12)OC(=O)c1ccccc1. The second-order valence-electron chi connectivity index (χ2n) is 11.0. The molecule has 0 aliphatic rings. The van der Waals surface area contributed by atoms with Crippen molar-refractivity contribution in [2.45, 2.75) is 52.7 Å². The molecule has 2 unspecified atom stereocenters. The first-order valence-electron chi connectivity index (χ1n) is 15.1. The first kappa shape index (κ1) is 30.6. The molecule has 0 bridgehead atoms. The molecule has 0 aromatic heterocycles. The number of hydrogen-bond donors (Lipinski definition) is 0. The molecule has 44 heavy (non-hydrogen) atoms. The van der Waals surface area contributed by atoms with Crippen LogP contribution in [0.4, 0.5) is 0 Å². The Hall–Kier alpha value is -4.84. The summed E-state index contributed by atoms with van der Waals surface area (Å²) in [5.41, 5.74) is 3.17. The molecule has 0 saturated heterocycles. The lowest BCUT2D eigenvalue weighted by atomic mass is 9.97. The summed E-state index contributed by atoms with van der Waals surface area (Å²) >= 11 is 0. The highest BCUT2D eigenvalue weighted by Gasteiger charge is 2.22. The molecular weight excluding hydrogens is 552 g/mol. The van der Waals surface area contributed by atoms with E-state index in [4.69, 9.17) is 18.9 Å². The van der Waals surface area contributed by atoms with Crippen LogP contribution in [0.3, 0.4) is 0 Å². The third-order valence-electron chi connectivity index (χ3n) is 7.63. The maximum absolute atomic E-state index is 12.8. The van der Waals surface area contributed by atoms with Gasteiger partial charge in [-0.25, -0.2) is 9.59 Å². The fourth-order valence-electron chi connectivity index (χ4n) is 5.10. The lowest BCUT2D eigenvalue weighted by Crippen LogP contribution is -2.25. The molecule has 226 valence electrons. The predicted molar refractivity (Wildman–Crippen MR) is 174 cm³/mol. The van der Waals surface area contributed by atoms with E-state index >= 15 is 0 Å². The Balaban J connectivity index is 1.45. The molecule has 5 aromatic rings. The second-order valence-corrected chi connectivity index (χ2v) is 11.0. The summed E-state index contributed by atoms with van der Waals surface area (Å²) in [5.74, 6) is 0.680. The molecule has 2 atom stereocenters. The molecule has 5 aromatic carbocycles. The summed E-state index contributed by atoms with van der Waals surface area (Å²) in [6.45, 7) is 8.43. The highest BCUT2D eigenvalue weighted by molar-refractivity contribution is 6.11. The van der Waals surface area contributed by atoms with Gasteiger partial charge >= 0.3 is 11.9 Å². The van der Waals surface area contributed by atoms with Crippen molar-refractivity contribution in [2.24, 2.45) is 0 Å². The Morgan fingerprint density at radius 3 is 1.30 bits per heavy atom. The van der Waals surface area contributed by atoms with Crippen LogP contribution in [-0.2, 0) is 9.47 Å². The van der Waals surface area contributed by atoms with Crippen molar-refractivity contribution < 1.29 is 28.5 Å². The zero-order valence-corrected chi connectivity index (χ0v) is 25.7. The maximum Gasteiger partial charge on any atom is 0.338 e. The quantitative estimate of drug-likeness (QED) is 0.107. The molecule has 0 fully saturated rings. The first-order valence-corrected chi connectivity index (χ1v) is 15.1. The molecule has 0 saturated carbocycles. The van der Waals surface area contributed by atoms with Crippen LogP contribution in [0.2, 0.25) is 0 Å². The summed E-state index contributed by atoms with van der Waals surface area (Å²) in [6, 6.07) is 30.3. The van der Waals surface area contributed by atoms with Crippen LogP contribution in [-0.4, -0.2) is 37.4 Å². The Kier molecular flexibility index (Phi) is 9.80. The van der Waals surface area contributed by atoms with E-state index < -0.39 is 12.2 Å². The molecule has 0 aliphatic heterocycles. The van der Waals surface area contributed by atoms with Gasteiger partial charge in [-0.3, -0.25) is 0 Å². The molecule has 6 heteroatoms. The van der Waals surface area contributed by atoms with Crippen molar-refractivity contribution in [3.05, 3.63) is 119 Å². The Labute approximate surface area is 258 Å². The van der Waals surface area contributed by atoms with Gasteiger partial charge < -0.3 is 18.9 Å². The van der Waals surface area contributed by atoms with Crippen molar-refractivity contribution in [1.29, 1.82) is 0 Å². The standard InChI is InChI=1S/C38H38O6/c1-5-29(43-37(39)27-13-9-7-10-14-27)23-41-35-31-19-17-26(4)22-34(31)36(32-20-18-25(3)21-33(32)35)42-24-30(6-2)44-38(40)28-15-11-8-12-16-28/h7-22,29-30H,5-6,23-24H2,1-4H3. The molecule has 6 nitrogen and oxygen atoms in total. The van der Waals surface area contributed by atoms with Gasteiger partial charge in [-0.1, -0.05) is 85.6 Å². The number of rotatable bonds is 12. The van der Waals surface area contributed by atoms with Crippen LogP contribution >= 0.6 is 0 Å². The number of benzene rings is 5. The van der Waals surface area contributed by atoms with E-state index in [1.54, 1.807) is 24.3 Å². The highest BCUT2D eigenvalue weighted by Crippen LogP contribution is 2.43. The summed E-state index contributed by atoms with van der Waals surface area (Å²) in [7, 11) is 0. The van der Waals surface area contributed by atoms with Gasteiger partial charge in [-0.2, -0.15) is 0 Å². The van der Waals surface area contributed by atoms with Crippen LogP contribution in [0.25, 0.3) is 21.5 Å². The van der Waals surface area contributed by atoms with E-state index in [-0.39, 0.29) is 25.2 Å². The molecule has 0 radical (unpaired) electrons. The number of esters is 2. The minimum atomic E-state index is -0.427. The highest BCUT2D eigenvalue weighted by atomic mass is 16.6. The van der Waals surface area contributed by atoms with Gasteiger partial charge in [0.05, 0.1) is 11.1 Å². The molecular formula is C38H38O6. The zero-order valence-electron chi connectivity index (χ0n) is 25.7. The lowest BCUT2D eigenvalue weighted by molar-refractivity contribution is 0.0159. The van der Waals surface area contributed by atoms with Gasteiger partial charge in [0, 0.05) is 21.5 Å². The van der Waals surface area contributed by atoms with Gasteiger partial charge in [0.1, 0.15) is 36.9 Å². The number of carbonyl (C=O) groups excluding carboxylic acids is 2. The van der Waals surface area contributed by atoms with E-state index in [9.17, 15) is 9.59 Å². The molecule has 0 heterocycles. The maximum atomic E-state index is 12.8. The van der Waals surface area contributed by atoms with Crippen LogP contribution in [0, 0.1) is 13.8 Å². The van der Waals surface area contributed by atoms with E-state index in [2.05, 4.69) is 12.1 Å². The van der Waals surface area contributed by atoms with Gasteiger partial charge in [-0.05, 0) is 63.1 Å². The summed E-state index contributed by atoms with van der Waals surface area (Å²) in [6.07, 6.45) is 0.356. The number of hydrogen-bond acceptors (Lipinski definition) is 6. The largest absolute Gasteiger partial charge is 0.488 e. The van der Waals surface area contributed by atoms with E-state index in [0.717, 1.165) is 32.7 Å². The normalized spacial score (nSPS) is 12.5. The van der Waals surface area contributed by atoms with E-state index in [1.165, 1.54) is 0 Å². The smallest absolute Gasteiger partial charge is 0.338 e. The third kappa shape index (κ3) is 7.03. The van der Waals surface area contributed by atoms with Crippen LogP contribution in [0.1, 0.15) is 58.5 Å². The fraction of sp³-hybridized carbons (Fsp3) is 0.263. The zero-order chi connectivity index (χ0) is 31.1. The molecule has 0 aliphatic carbocycles. The number of carbonyl (C=O) groups is 2. The van der Waals surface area contributed by atoms with Crippen molar-refractivity contribution in [1.82, 2.24) is 0 Å². The predicted octanol–water partition coefficient (Wildman–Crippen LogP) is 8.64. The second kappa shape index (κ2) is 14.1. The van der Waals surface area contributed by atoms with Crippen molar-refractivity contribution in [3.63, 3.8) is 0 Å². The summed E-state index contributed by atoms with van der Waals surface area (Å²) in [4.78, 5) is 25.5. The summed E-state index contributed by atoms with van der Waals surface area (Å²) in [5, 5.41) is 3.58. The van der Waals surface area contributed by atoms with E-state index in [1.807, 2.05) is 88.4 Å². The number of aryl methyl sites for hydroxylation is 2. The Morgan fingerprint density at radius 2 is 0.932 bits per heavy atom. The van der Waals surface area contributed by atoms with Crippen LogP contribution < -0.4 is 9.47 Å².